The number of carbonyl (C=O) groups is 4. The van der Waals surface area contributed by atoms with Crippen LogP contribution in [-0.4, -0.2) is 34.1 Å². The van der Waals surface area contributed by atoms with Crippen molar-refractivity contribution in [2.24, 2.45) is 23.7 Å². The number of benzene rings is 8. The highest BCUT2D eigenvalue weighted by molar-refractivity contribution is 5.96. The number of rotatable bonds is 11. The molecule has 8 aromatic rings. The van der Waals surface area contributed by atoms with E-state index in [-0.39, 0.29) is 0 Å². The van der Waals surface area contributed by atoms with Crippen LogP contribution >= 0.6 is 0 Å². The topological polar surface area (TPSA) is 127 Å². The predicted molar refractivity (Wildman–Crippen MR) is 244 cm³/mol. The Bertz CT molecular complexity index is 2990. The lowest BCUT2D eigenvalue weighted by molar-refractivity contribution is -0.160. The molecule has 2 aliphatic carbocycles. The molecule has 314 valence electrons. The van der Waals surface area contributed by atoms with E-state index in [1.807, 2.05) is 188 Å². The molecule has 2 fully saturated rings. The van der Waals surface area contributed by atoms with Crippen molar-refractivity contribution in [3.63, 3.8) is 0 Å². The normalized spacial score (nSPS) is 22.4. The second-order valence-corrected chi connectivity index (χ2v) is 16.8. The minimum atomic E-state index is -0.997. The number of carboxylic acids is 2. The van der Waals surface area contributed by atoms with Crippen molar-refractivity contribution in [1.82, 2.24) is 0 Å². The van der Waals surface area contributed by atoms with Crippen LogP contribution in [-0.2, 0) is 19.2 Å². The van der Waals surface area contributed by atoms with Crippen molar-refractivity contribution in [2.75, 3.05) is 0 Å². The molecule has 0 radical (unpaired) electrons. The molecule has 0 aromatic heterocycles. The summed E-state index contributed by atoms with van der Waals surface area (Å²) in [5, 5.41) is 24.5. The van der Waals surface area contributed by atoms with Crippen LogP contribution in [0.5, 0.6) is 11.5 Å². The van der Waals surface area contributed by atoms with Gasteiger partial charge in [0.1, 0.15) is 11.5 Å². The summed E-state index contributed by atoms with van der Waals surface area (Å²) < 4.78 is 12.5. The molecule has 0 unspecified atom stereocenters. The van der Waals surface area contributed by atoms with Crippen LogP contribution < -0.4 is 9.47 Å². The lowest BCUT2D eigenvalue weighted by Gasteiger charge is -2.49. The van der Waals surface area contributed by atoms with Crippen LogP contribution in [0.3, 0.4) is 0 Å². The SMILES string of the molecule is O=C(O)C1[C@@H](c2ccccc2)C(C(=O)Oc2cc(-c3ccc([C@H]4[C@@H](C(=O)O)[C@H](c5ccccc5)[C@H]4C(=O)Oc4cccc5ccccc45)cc3)cc3ccccc23)[C@@H]1c1ccccc1. The Hall–Kier alpha value is -7.84. The highest BCUT2D eigenvalue weighted by Gasteiger charge is 2.60. The molecule has 64 heavy (non-hydrogen) atoms. The molecule has 8 nitrogen and oxygen atoms in total. The van der Waals surface area contributed by atoms with Crippen molar-refractivity contribution in [3.05, 3.63) is 216 Å². The van der Waals surface area contributed by atoms with Gasteiger partial charge in [-0.1, -0.05) is 176 Å². The van der Waals surface area contributed by atoms with Crippen molar-refractivity contribution < 1.29 is 38.9 Å². The van der Waals surface area contributed by atoms with Gasteiger partial charge in [0.05, 0.1) is 23.7 Å². The summed E-state index contributed by atoms with van der Waals surface area (Å²) in [7, 11) is 0. The van der Waals surface area contributed by atoms with Crippen LogP contribution in [0, 0.1) is 23.7 Å². The Morgan fingerprint density at radius 1 is 0.344 bits per heavy atom. The summed E-state index contributed by atoms with van der Waals surface area (Å²) in [5.74, 6) is -8.00. The molecule has 8 aromatic carbocycles. The zero-order valence-corrected chi connectivity index (χ0v) is 34.4. The van der Waals surface area contributed by atoms with Crippen LogP contribution in [0.4, 0.5) is 0 Å². The van der Waals surface area contributed by atoms with Gasteiger partial charge in [-0.3, -0.25) is 19.2 Å². The standard InChI is InChI=1S/C56H42O8/c57-53(58)49-45(35-16-4-1-5-17-35)51(46(49)36-18-6-2-7-19-36)56(62)64-44-32-40(31-39-22-11-13-25-42(39)44)33-27-29-38(30-28-33)48-50(54(59)60)47(37-20-8-3-9-21-37)52(48)55(61)63-43-26-14-23-34-15-10-12-24-41(34)43/h1-32,45-52H,(H,57,58)(H,59,60)/t45-,46-,47+,48+,49?,50+,51?,52-/m1/s1. The third-order valence-electron chi connectivity index (χ3n) is 13.4. The van der Waals surface area contributed by atoms with Gasteiger partial charge in [0.2, 0.25) is 0 Å². The Labute approximate surface area is 369 Å². The van der Waals surface area contributed by atoms with Gasteiger partial charge in [-0.05, 0) is 62.4 Å². The largest absolute Gasteiger partial charge is 0.481 e. The highest BCUT2D eigenvalue weighted by atomic mass is 16.5. The smallest absolute Gasteiger partial charge is 0.315 e. The van der Waals surface area contributed by atoms with Crippen molar-refractivity contribution in [1.29, 1.82) is 0 Å². The molecular weight excluding hydrogens is 801 g/mol. The zero-order valence-electron chi connectivity index (χ0n) is 34.4. The molecule has 0 amide bonds. The number of hydrogen-bond donors (Lipinski definition) is 2. The van der Waals surface area contributed by atoms with E-state index < -0.39 is 71.2 Å². The number of carboxylic acid groups (broad SMARTS) is 2. The van der Waals surface area contributed by atoms with E-state index >= 15 is 0 Å². The summed E-state index contributed by atoms with van der Waals surface area (Å²) in [4.78, 5) is 54.8. The van der Waals surface area contributed by atoms with Crippen LogP contribution in [0.15, 0.2) is 194 Å². The van der Waals surface area contributed by atoms with E-state index in [2.05, 4.69) is 0 Å². The average molecular weight is 843 g/mol. The molecule has 2 aliphatic rings. The number of carbonyl (C=O) groups excluding carboxylic acids is 2. The van der Waals surface area contributed by atoms with E-state index in [9.17, 15) is 29.4 Å². The molecule has 0 spiro atoms. The summed E-state index contributed by atoms with van der Waals surface area (Å²) in [6, 6.07) is 60.0. The molecule has 0 saturated heterocycles. The van der Waals surface area contributed by atoms with E-state index in [1.165, 1.54) is 0 Å². The summed E-state index contributed by atoms with van der Waals surface area (Å²) in [6.45, 7) is 0. The van der Waals surface area contributed by atoms with E-state index in [0.717, 1.165) is 49.4 Å². The fraction of sp³-hybridized carbons (Fsp3) is 0.143. The van der Waals surface area contributed by atoms with Crippen LogP contribution in [0.1, 0.15) is 45.9 Å². The lowest BCUT2D eigenvalue weighted by Crippen LogP contribution is -2.52. The van der Waals surface area contributed by atoms with Crippen molar-refractivity contribution in [3.8, 4) is 22.6 Å². The maximum absolute atomic E-state index is 14.6. The maximum atomic E-state index is 14.6. The first kappa shape index (κ1) is 40.2. The maximum Gasteiger partial charge on any atom is 0.315 e. The van der Waals surface area contributed by atoms with Crippen molar-refractivity contribution in [2.45, 2.75) is 23.7 Å². The number of fused-ring (bicyclic) bond motifs is 2. The highest BCUT2D eigenvalue weighted by Crippen LogP contribution is 2.59. The molecular formula is C56H42O8. The van der Waals surface area contributed by atoms with Gasteiger partial charge in [0.15, 0.2) is 0 Å². The average Bonchev–Trinajstić information content (AvgIpc) is 3.29. The van der Waals surface area contributed by atoms with E-state index in [0.29, 0.717) is 17.1 Å². The van der Waals surface area contributed by atoms with Crippen molar-refractivity contribution >= 4 is 45.4 Å². The first-order valence-electron chi connectivity index (χ1n) is 21.4. The number of esters is 2. The van der Waals surface area contributed by atoms with Gasteiger partial charge in [0.25, 0.3) is 0 Å². The first-order chi connectivity index (χ1) is 31.3. The molecule has 0 heterocycles. The molecule has 8 heteroatoms. The van der Waals surface area contributed by atoms with Gasteiger partial charge < -0.3 is 19.7 Å². The van der Waals surface area contributed by atoms with Gasteiger partial charge in [0, 0.05) is 34.4 Å². The van der Waals surface area contributed by atoms with E-state index in [4.69, 9.17) is 9.47 Å². The minimum absolute atomic E-state index is 0.339. The van der Waals surface area contributed by atoms with Crippen LogP contribution in [0.25, 0.3) is 32.7 Å². The summed E-state index contributed by atoms with van der Waals surface area (Å²) in [6.07, 6.45) is 0. The molecule has 6 atom stereocenters. The Morgan fingerprint density at radius 3 is 1.22 bits per heavy atom. The molecule has 0 bridgehead atoms. The summed E-state index contributed by atoms with van der Waals surface area (Å²) in [5.41, 5.74) is 4.50. The molecule has 10 rings (SSSR count). The Morgan fingerprint density at radius 2 is 0.734 bits per heavy atom. The van der Waals surface area contributed by atoms with Gasteiger partial charge in [-0.25, -0.2) is 0 Å². The third kappa shape index (κ3) is 7.16. The zero-order chi connectivity index (χ0) is 43.9. The number of aliphatic carboxylic acids is 2. The quantitative estimate of drug-likeness (QED) is 0.0973. The number of hydrogen-bond acceptors (Lipinski definition) is 6. The second-order valence-electron chi connectivity index (χ2n) is 16.8. The fourth-order valence-corrected chi connectivity index (χ4v) is 10.4. The molecule has 2 saturated carbocycles. The fourth-order valence-electron chi connectivity index (χ4n) is 10.4. The van der Waals surface area contributed by atoms with Gasteiger partial charge >= 0.3 is 23.9 Å². The van der Waals surface area contributed by atoms with Gasteiger partial charge in [-0.15, -0.1) is 0 Å². The molecule has 2 N–H and O–H groups in total. The Balaban J connectivity index is 0.984. The molecule has 0 aliphatic heterocycles. The van der Waals surface area contributed by atoms with Crippen LogP contribution in [0.2, 0.25) is 0 Å². The predicted octanol–water partition coefficient (Wildman–Crippen LogP) is 11.3. The summed E-state index contributed by atoms with van der Waals surface area (Å²) >= 11 is 0. The van der Waals surface area contributed by atoms with Gasteiger partial charge in [-0.2, -0.15) is 0 Å². The number of ether oxygens (including phenoxy) is 2. The lowest BCUT2D eigenvalue weighted by atomic mass is 9.52. The third-order valence-corrected chi connectivity index (χ3v) is 13.4. The minimum Gasteiger partial charge on any atom is -0.481 e. The van der Waals surface area contributed by atoms with E-state index in [1.54, 1.807) is 6.07 Å². The Kier molecular flexibility index (Phi) is 10.6. The monoisotopic (exact) mass is 842 g/mol. The second kappa shape index (κ2) is 16.8. The first-order valence-corrected chi connectivity index (χ1v) is 21.4.